The number of hydrogen-bond donors (Lipinski definition) is 3. The Balaban J connectivity index is 1.60. The maximum Gasteiger partial charge on any atom is 0.407 e. The van der Waals surface area contributed by atoms with Crippen LogP contribution in [0.2, 0.25) is 0 Å². The Bertz CT molecular complexity index is 880. The minimum Gasteiger partial charge on any atom is -0.465 e. The molecule has 2 heterocycles. The number of aromatic nitrogens is 1. The van der Waals surface area contributed by atoms with Gasteiger partial charge in [0.2, 0.25) is 0 Å². The smallest absolute Gasteiger partial charge is 0.407 e. The van der Waals surface area contributed by atoms with Crippen LogP contribution in [0.15, 0.2) is 42.5 Å². The van der Waals surface area contributed by atoms with Crippen LogP contribution in [0.5, 0.6) is 0 Å². The van der Waals surface area contributed by atoms with Gasteiger partial charge in [0.25, 0.3) is 5.91 Å². The highest BCUT2D eigenvalue weighted by atomic mass is 16.4. The third-order valence-corrected chi connectivity index (χ3v) is 6.05. The van der Waals surface area contributed by atoms with Crippen molar-refractivity contribution < 1.29 is 14.7 Å². The van der Waals surface area contributed by atoms with E-state index >= 15 is 0 Å². The fourth-order valence-electron chi connectivity index (χ4n) is 4.04. The zero-order valence-corrected chi connectivity index (χ0v) is 18.3. The van der Waals surface area contributed by atoms with Crippen LogP contribution in [0.1, 0.15) is 59.4 Å². The molecule has 1 aliphatic rings. The number of carbonyl (C=O) groups is 2. The van der Waals surface area contributed by atoms with Crippen LogP contribution in [0.4, 0.5) is 4.79 Å². The summed E-state index contributed by atoms with van der Waals surface area (Å²) in [7, 11) is 1.62. The molecule has 0 spiro atoms. The Morgan fingerprint density at radius 2 is 1.90 bits per heavy atom. The SMILES string of the molecule is CNC(=O)c1cc(CNCCC2CCN(C(=O)O)CC2)cc(C(C)c2ccccc2)n1. The first kappa shape index (κ1) is 22.7. The van der Waals surface area contributed by atoms with Crippen molar-refractivity contribution >= 4 is 12.0 Å². The maximum absolute atomic E-state index is 12.2. The number of benzene rings is 1. The summed E-state index contributed by atoms with van der Waals surface area (Å²) in [6.45, 7) is 4.88. The number of carbonyl (C=O) groups excluding carboxylic acids is 1. The van der Waals surface area contributed by atoms with E-state index in [1.54, 1.807) is 7.05 Å². The molecule has 1 atom stereocenters. The molecular formula is C24H32N4O3. The van der Waals surface area contributed by atoms with Gasteiger partial charge in [0.15, 0.2) is 0 Å². The number of carboxylic acid groups (broad SMARTS) is 1. The van der Waals surface area contributed by atoms with Gasteiger partial charge in [-0.3, -0.25) is 4.79 Å². The molecular weight excluding hydrogens is 392 g/mol. The molecule has 0 radical (unpaired) electrons. The second-order valence-electron chi connectivity index (χ2n) is 8.18. The molecule has 1 saturated heterocycles. The molecule has 0 aliphatic carbocycles. The van der Waals surface area contributed by atoms with Crippen LogP contribution in [0, 0.1) is 5.92 Å². The summed E-state index contributed by atoms with van der Waals surface area (Å²) >= 11 is 0. The van der Waals surface area contributed by atoms with Gasteiger partial charge in [-0.15, -0.1) is 0 Å². The number of amides is 2. The van der Waals surface area contributed by atoms with Crippen molar-refractivity contribution in [1.82, 2.24) is 20.5 Å². The average molecular weight is 425 g/mol. The highest BCUT2D eigenvalue weighted by Gasteiger charge is 2.21. The van der Waals surface area contributed by atoms with Crippen molar-refractivity contribution in [3.05, 3.63) is 65.0 Å². The third kappa shape index (κ3) is 6.28. The highest BCUT2D eigenvalue weighted by molar-refractivity contribution is 5.92. The lowest BCUT2D eigenvalue weighted by atomic mass is 9.93. The molecule has 1 aromatic heterocycles. The fraction of sp³-hybridized carbons (Fsp3) is 0.458. The number of nitrogens with one attached hydrogen (secondary N) is 2. The number of piperidine rings is 1. The molecule has 1 aliphatic heterocycles. The molecule has 0 saturated carbocycles. The Morgan fingerprint density at radius 1 is 1.19 bits per heavy atom. The van der Waals surface area contributed by atoms with Crippen LogP contribution in [-0.2, 0) is 6.54 Å². The second kappa shape index (κ2) is 10.9. The number of hydrogen-bond acceptors (Lipinski definition) is 4. The van der Waals surface area contributed by atoms with E-state index in [1.165, 1.54) is 4.90 Å². The molecule has 2 amide bonds. The minimum absolute atomic E-state index is 0.0870. The van der Waals surface area contributed by atoms with Gasteiger partial charge in [0.05, 0.1) is 0 Å². The largest absolute Gasteiger partial charge is 0.465 e. The molecule has 2 aromatic rings. The minimum atomic E-state index is -0.818. The first-order valence-corrected chi connectivity index (χ1v) is 10.9. The highest BCUT2D eigenvalue weighted by Crippen LogP contribution is 2.24. The predicted molar refractivity (Wildman–Crippen MR) is 120 cm³/mol. The lowest BCUT2D eigenvalue weighted by Crippen LogP contribution is -2.38. The standard InChI is InChI=1S/C24H32N4O3/c1-17(20-6-4-3-5-7-20)21-14-19(15-22(27-21)23(29)25-2)16-26-11-8-18-9-12-28(13-10-18)24(30)31/h3-7,14-15,17-18,26H,8-13,16H2,1-2H3,(H,25,29)(H,30,31). The molecule has 0 bridgehead atoms. The van der Waals surface area contributed by atoms with Gasteiger partial charge in [0, 0.05) is 38.3 Å². The average Bonchev–Trinajstić information content (AvgIpc) is 2.81. The van der Waals surface area contributed by atoms with Crippen LogP contribution < -0.4 is 10.6 Å². The first-order valence-electron chi connectivity index (χ1n) is 10.9. The normalized spacial score (nSPS) is 15.5. The van der Waals surface area contributed by atoms with Crippen LogP contribution in [-0.4, -0.2) is 53.7 Å². The van der Waals surface area contributed by atoms with E-state index in [1.807, 2.05) is 24.3 Å². The predicted octanol–water partition coefficient (Wildman–Crippen LogP) is 3.46. The second-order valence-corrected chi connectivity index (χ2v) is 8.18. The quantitative estimate of drug-likeness (QED) is 0.564. The lowest BCUT2D eigenvalue weighted by Gasteiger charge is -2.30. The lowest BCUT2D eigenvalue weighted by molar-refractivity contribution is 0.0957. The van der Waals surface area contributed by atoms with Gasteiger partial charge in [-0.05, 0) is 55.0 Å². The van der Waals surface area contributed by atoms with E-state index in [0.29, 0.717) is 31.2 Å². The summed E-state index contributed by atoms with van der Waals surface area (Å²) in [5.74, 6) is 0.452. The van der Waals surface area contributed by atoms with Gasteiger partial charge in [-0.25, -0.2) is 9.78 Å². The molecule has 3 rings (SSSR count). The zero-order chi connectivity index (χ0) is 22.2. The molecule has 1 aromatic carbocycles. The Kier molecular flexibility index (Phi) is 8.00. The molecule has 31 heavy (non-hydrogen) atoms. The summed E-state index contributed by atoms with van der Waals surface area (Å²) in [5, 5.41) is 15.2. The fourth-order valence-corrected chi connectivity index (χ4v) is 4.04. The first-order chi connectivity index (χ1) is 15.0. The summed E-state index contributed by atoms with van der Waals surface area (Å²) < 4.78 is 0. The Labute approximate surface area is 183 Å². The van der Waals surface area contributed by atoms with Gasteiger partial charge < -0.3 is 20.6 Å². The van der Waals surface area contributed by atoms with E-state index < -0.39 is 6.09 Å². The van der Waals surface area contributed by atoms with E-state index in [-0.39, 0.29) is 11.8 Å². The Hall–Kier alpha value is -2.93. The van der Waals surface area contributed by atoms with Crippen LogP contribution in [0.3, 0.4) is 0 Å². The summed E-state index contributed by atoms with van der Waals surface area (Å²) in [6.07, 6.45) is 2.04. The molecule has 1 fully saturated rings. The van der Waals surface area contributed by atoms with Crippen molar-refractivity contribution in [2.24, 2.45) is 5.92 Å². The topological polar surface area (TPSA) is 94.6 Å². The monoisotopic (exact) mass is 424 g/mol. The van der Waals surface area contributed by atoms with E-state index in [9.17, 15) is 9.59 Å². The van der Waals surface area contributed by atoms with Crippen LogP contribution in [0.25, 0.3) is 0 Å². The Morgan fingerprint density at radius 3 is 2.55 bits per heavy atom. The molecule has 7 nitrogen and oxygen atoms in total. The number of nitrogens with zero attached hydrogens (tertiary/aromatic N) is 2. The molecule has 3 N–H and O–H groups in total. The van der Waals surface area contributed by atoms with Crippen LogP contribution >= 0.6 is 0 Å². The zero-order valence-electron chi connectivity index (χ0n) is 18.3. The van der Waals surface area contributed by atoms with Gasteiger partial charge in [-0.2, -0.15) is 0 Å². The number of likely N-dealkylation sites (tertiary alicyclic amines) is 1. The summed E-state index contributed by atoms with van der Waals surface area (Å²) in [5.41, 5.74) is 3.51. The third-order valence-electron chi connectivity index (χ3n) is 6.05. The van der Waals surface area contributed by atoms with Crippen molar-refractivity contribution in [3.8, 4) is 0 Å². The van der Waals surface area contributed by atoms with E-state index in [2.05, 4.69) is 40.7 Å². The van der Waals surface area contributed by atoms with Gasteiger partial charge in [-0.1, -0.05) is 37.3 Å². The number of rotatable bonds is 8. The van der Waals surface area contributed by atoms with Gasteiger partial charge >= 0.3 is 6.09 Å². The van der Waals surface area contributed by atoms with Crippen molar-refractivity contribution in [2.75, 3.05) is 26.7 Å². The molecule has 7 heteroatoms. The van der Waals surface area contributed by atoms with E-state index in [4.69, 9.17) is 5.11 Å². The molecule has 166 valence electrons. The molecule has 1 unspecified atom stereocenters. The van der Waals surface area contributed by atoms with Gasteiger partial charge in [0.1, 0.15) is 5.69 Å². The maximum atomic E-state index is 12.2. The summed E-state index contributed by atoms with van der Waals surface area (Å²) in [6, 6.07) is 14.1. The van der Waals surface area contributed by atoms with Crippen molar-refractivity contribution in [1.29, 1.82) is 0 Å². The van der Waals surface area contributed by atoms with Crippen molar-refractivity contribution in [3.63, 3.8) is 0 Å². The summed E-state index contributed by atoms with van der Waals surface area (Å²) in [4.78, 5) is 29.4. The van der Waals surface area contributed by atoms with E-state index in [0.717, 1.165) is 42.6 Å². The van der Waals surface area contributed by atoms with Crippen molar-refractivity contribution in [2.45, 2.75) is 38.6 Å². The number of pyridine rings is 1.